The molecule has 0 spiro atoms. The molecule has 1 N–H and O–H groups in total. The zero-order chi connectivity index (χ0) is 19.3. The van der Waals surface area contributed by atoms with E-state index in [9.17, 15) is 4.79 Å². The van der Waals surface area contributed by atoms with Gasteiger partial charge in [0.2, 0.25) is 0 Å². The number of fused-ring (bicyclic) bond motifs is 1. The number of hydrogen-bond acceptors (Lipinski definition) is 3. The molecule has 1 aromatic heterocycles. The molecule has 3 aromatic rings. The maximum absolute atomic E-state index is 12.8. The minimum Gasteiger partial charge on any atom is -0.496 e. The van der Waals surface area contributed by atoms with Gasteiger partial charge in [-0.15, -0.1) is 0 Å². The molecule has 1 heterocycles. The summed E-state index contributed by atoms with van der Waals surface area (Å²) in [4.78, 5) is 15.9. The van der Waals surface area contributed by atoms with Crippen LogP contribution in [-0.4, -0.2) is 25.0 Å². The Morgan fingerprint density at radius 3 is 2.42 bits per heavy atom. The van der Waals surface area contributed by atoms with Gasteiger partial charge in [0, 0.05) is 45.7 Å². The number of methoxy groups -OCH3 is 2. The topological polar surface area (TPSA) is 51.3 Å². The summed E-state index contributed by atoms with van der Waals surface area (Å²) in [7, 11) is 3.21. The number of aromatic amines is 1. The minimum absolute atomic E-state index is 0.0199. The highest BCUT2D eigenvalue weighted by molar-refractivity contribution is 6.30. The van der Waals surface area contributed by atoms with E-state index in [1.54, 1.807) is 32.5 Å². The van der Waals surface area contributed by atoms with E-state index in [1.807, 2.05) is 39.0 Å². The molecule has 26 heavy (non-hydrogen) atoms. The number of nitrogens with one attached hydrogen (secondary N) is 1. The predicted molar refractivity (Wildman–Crippen MR) is 107 cm³/mol. The monoisotopic (exact) mass is 373 g/mol. The third-order valence-electron chi connectivity index (χ3n) is 4.10. The van der Waals surface area contributed by atoms with Crippen molar-refractivity contribution in [3.8, 4) is 11.5 Å². The van der Waals surface area contributed by atoms with Crippen LogP contribution in [0, 0.1) is 6.92 Å². The Labute approximate surface area is 159 Å². The maximum Gasteiger partial charge on any atom is 0.169 e. The van der Waals surface area contributed by atoms with E-state index in [-0.39, 0.29) is 12.2 Å². The zero-order valence-electron chi connectivity index (χ0n) is 15.8. The summed E-state index contributed by atoms with van der Waals surface area (Å²) in [5.74, 6) is 1.43. The molecule has 0 saturated heterocycles. The second-order valence-corrected chi connectivity index (χ2v) is 6.06. The molecule has 138 valence electrons. The zero-order valence-corrected chi connectivity index (χ0v) is 16.5. The summed E-state index contributed by atoms with van der Waals surface area (Å²) < 4.78 is 10.6. The molecule has 0 unspecified atom stereocenters. The van der Waals surface area contributed by atoms with Gasteiger partial charge in [-0.2, -0.15) is 0 Å². The lowest BCUT2D eigenvalue weighted by Crippen LogP contribution is -2.04. The number of ketones is 1. The summed E-state index contributed by atoms with van der Waals surface area (Å²) >= 11 is 5.97. The summed E-state index contributed by atoms with van der Waals surface area (Å²) in [5.41, 5.74) is 3.34. The van der Waals surface area contributed by atoms with Gasteiger partial charge in [-0.25, -0.2) is 0 Å². The van der Waals surface area contributed by atoms with E-state index in [4.69, 9.17) is 21.1 Å². The number of carbonyl (C=O) groups is 1. The molecule has 4 nitrogen and oxygen atoms in total. The molecule has 0 saturated carbocycles. The Hall–Kier alpha value is -2.46. The number of Topliss-reactive ketones (excluding diaryl/α,β-unsaturated/α-hetero) is 1. The first kappa shape index (κ1) is 19.9. The van der Waals surface area contributed by atoms with Crippen molar-refractivity contribution >= 4 is 28.3 Å². The molecule has 3 rings (SSSR count). The Bertz CT molecular complexity index is 915. The summed E-state index contributed by atoms with van der Waals surface area (Å²) in [6.45, 7) is 5.96. The van der Waals surface area contributed by atoms with Crippen molar-refractivity contribution in [2.24, 2.45) is 0 Å². The van der Waals surface area contributed by atoms with E-state index in [0.29, 0.717) is 16.3 Å². The molecule has 0 radical (unpaired) electrons. The first-order valence-corrected chi connectivity index (χ1v) is 8.92. The Morgan fingerprint density at radius 2 is 1.77 bits per heavy atom. The molecule has 0 fully saturated rings. The number of benzene rings is 2. The van der Waals surface area contributed by atoms with Crippen LogP contribution in [0.25, 0.3) is 10.9 Å². The van der Waals surface area contributed by atoms with Gasteiger partial charge < -0.3 is 14.5 Å². The van der Waals surface area contributed by atoms with E-state index < -0.39 is 0 Å². The average Bonchev–Trinajstić information content (AvgIpc) is 3.06. The summed E-state index contributed by atoms with van der Waals surface area (Å²) in [6.07, 6.45) is 1.99. The first-order valence-electron chi connectivity index (χ1n) is 8.55. The fraction of sp³-hybridized carbons (Fsp3) is 0.286. The van der Waals surface area contributed by atoms with Crippen molar-refractivity contribution in [2.75, 3.05) is 14.2 Å². The lowest BCUT2D eigenvalue weighted by atomic mass is 10.0. The molecular weight excluding hydrogens is 350 g/mol. The maximum atomic E-state index is 12.8. The lowest BCUT2D eigenvalue weighted by molar-refractivity contribution is 0.0993. The minimum atomic E-state index is 0.0199. The van der Waals surface area contributed by atoms with Crippen LogP contribution in [0.1, 0.15) is 35.3 Å². The highest BCUT2D eigenvalue weighted by Crippen LogP contribution is 2.29. The van der Waals surface area contributed by atoms with Crippen LogP contribution >= 0.6 is 11.6 Å². The molecule has 5 heteroatoms. The van der Waals surface area contributed by atoms with Crippen molar-refractivity contribution in [1.82, 2.24) is 4.98 Å². The lowest BCUT2D eigenvalue weighted by Gasteiger charge is -2.08. The fourth-order valence-electron chi connectivity index (χ4n) is 2.84. The van der Waals surface area contributed by atoms with Crippen LogP contribution in [0.5, 0.6) is 11.5 Å². The number of halogens is 1. The Kier molecular flexibility index (Phi) is 6.70. The quantitative estimate of drug-likeness (QED) is 0.592. The van der Waals surface area contributed by atoms with Gasteiger partial charge in [0.15, 0.2) is 5.78 Å². The fourth-order valence-corrected chi connectivity index (χ4v) is 3.00. The third-order valence-corrected chi connectivity index (χ3v) is 4.33. The van der Waals surface area contributed by atoms with Crippen molar-refractivity contribution in [3.05, 3.63) is 58.2 Å². The number of hydrogen-bond donors (Lipinski definition) is 1. The first-order chi connectivity index (χ1) is 12.5. The van der Waals surface area contributed by atoms with Crippen LogP contribution < -0.4 is 9.47 Å². The van der Waals surface area contributed by atoms with Gasteiger partial charge in [-0.3, -0.25) is 4.79 Å². The molecule has 2 aromatic carbocycles. The van der Waals surface area contributed by atoms with Crippen molar-refractivity contribution < 1.29 is 14.3 Å². The van der Waals surface area contributed by atoms with E-state index in [2.05, 4.69) is 4.98 Å². The number of H-pyrrole nitrogens is 1. The second kappa shape index (κ2) is 8.77. The van der Waals surface area contributed by atoms with E-state index in [0.717, 1.165) is 27.8 Å². The Morgan fingerprint density at radius 1 is 1.08 bits per heavy atom. The van der Waals surface area contributed by atoms with Crippen molar-refractivity contribution in [3.63, 3.8) is 0 Å². The normalized spacial score (nSPS) is 10.2. The number of carbonyl (C=O) groups excluding carboxylic acids is 1. The van der Waals surface area contributed by atoms with E-state index in [1.165, 1.54) is 0 Å². The highest BCUT2D eigenvalue weighted by Gasteiger charge is 2.16. The van der Waals surface area contributed by atoms with Crippen LogP contribution in [0.15, 0.2) is 36.5 Å². The van der Waals surface area contributed by atoms with Gasteiger partial charge in [0.05, 0.1) is 14.2 Å². The second-order valence-electron chi connectivity index (χ2n) is 5.63. The number of rotatable bonds is 5. The van der Waals surface area contributed by atoms with Crippen LogP contribution in [0.3, 0.4) is 0 Å². The largest absolute Gasteiger partial charge is 0.496 e. The van der Waals surface area contributed by atoms with Gasteiger partial charge in [-0.05, 0) is 30.7 Å². The summed E-state index contributed by atoms with van der Waals surface area (Å²) in [5, 5.41) is 1.48. The van der Waals surface area contributed by atoms with E-state index >= 15 is 0 Å². The van der Waals surface area contributed by atoms with Crippen LogP contribution in [0.4, 0.5) is 0 Å². The molecule has 0 atom stereocenters. The standard InChI is InChI=1S/C19H18ClNO3.C2H6/c1-11-6-14-15(10-21-16(14)9-18(11)23-2)17(22)7-12-4-5-13(20)8-19(12)24-3;1-2/h4-6,8-10,21H,7H2,1-3H3;1-2H3. The van der Waals surface area contributed by atoms with Gasteiger partial charge >= 0.3 is 0 Å². The highest BCUT2D eigenvalue weighted by atomic mass is 35.5. The summed E-state index contributed by atoms with van der Waals surface area (Å²) in [6, 6.07) is 9.18. The predicted octanol–water partition coefficient (Wildman–Crippen LogP) is 5.60. The molecule has 0 aliphatic carbocycles. The molecular formula is C21H24ClNO3. The van der Waals surface area contributed by atoms with Gasteiger partial charge in [0.1, 0.15) is 11.5 Å². The Balaban J connectivity index is 0.00000117. The molecule has 0 aliphatic rings. The number of ether oxygens (including phenoxy) is 2. The number of aromatic nitrogens is 1. The average molecular weight is 374 g/mol. The SMILES string of the molecule is CC.COc1cc2[nH]cc(C(=O)Cc3ccc(Cl)cc3OC)c2cc1C. The van der Waals surface area contributed by atoms with Crippen molar-refractivity contribution in [1.29, 1.82) is 0 Å². The smallest absolute Gasteiger partial charge is 0.169 e. The van der Waals surface area contributed by atoms with Gasteiger partial charge in [0.25, 0.3) is 0 Å². The van der Waals surface area contributed by atoms with Gasteiger partial charge in [-0.1, -0.05) is 31.5 Å². The molecule has 0 bridgehead atoms. The van der Waals surface area contributed by atoms with Crippen LogP contribution in [0.2, 0.25) is 5.02 Å². The third kappa shape index (κ3) is 4.02. The van der Waals surface area contributed by atoms with Crippen molar-refractivity contribution in [2.45, 2.75) is 27.2 Å². The molecule has 0 aliphatic heterocycles. The number of aryl methyl sites for hydroxylation is 1. The molecule has 0 amide bonds. The van der Waals surface area contributed by atoms with Crippen LogP contribution in [-0.2, 0) is 6.42 Å².